The molecule has 1 aromatic carbocycles. The first-order chi connectivity index (χ1) is 10.2. The zero-order valence-electron chi connectivity index (χ0n) is 11.3. The number of aliphatic hydroxyl groups is 1. The van der Waals surface area contributed by atoms with Crippen molar-refractivity contribution in [3.05, 3.63) is 47.7 Å². The Hall–Kier alpha value is -2.95. The smallest absolute Gasteiger partial charge is 0.385 e. The van der Waals surface area contributed by atoms with Gasteiger partial charge in [-0.15, -0.1) is 0 Å². The van der Waals surface area contributed by atoms with Crippen LogP contribution in [0, 0.1) is 23.7 Å². The zero-order chi connectivity index (χ0) is 15.1. The average Bonchev–Trinajstić information content (AvgIpc) is 3.01. The van der Waals surface area contributed by atoms with Gasteiger partial charge in [0.15, 0.2) is 0 Å². The van der Waals surface area contributed by atoms with Crippen molar-refractivity contribution >= 4 is 5.97 Å². The minimum absolute atomic E-state index is 0.123. The van der Waals surface area contributed by atoms with Crippen molar-refractivity contribution in [2.45, 2.75) is 6.61 Å². The number of carbonyl (C=O) groups excluding carboxylic acids is 1. The number of ether oxygens (including phenoxy) is 1. The Morgan fingerprint density at radius 1 is 1.19 bits per heavy atom. The van der Waals surface area contributed by atoms with Gasteiger partial charge in [0.2, 0.25) is 0 Å². The Morgan fingerprint density at radius 3 is 2.57 bits per heavy atom. The van der Waals surface area contributed by atoms with Gasteiger partial charge in [-0.3, -0.25) is 0 Å². The van der Waals surface area contributed by atoms with E-state index in [9.17, 15) is 4.79 Å². The maximum Gasteiger partial charge on any atom is 0.385 e. The molecule has 0 atom stereocenters. The molecular formula is C17H12O4. The number of benzene rings is 1. The third kappa shape index (κ3) is 4.01. The number of hydrogen-bond donors (Lipinski definition) is 1. The Morgan fingerprint density at radius 2 is 1.95 bits per heavy atom. The van der Waals surface area contributed by atoms with Crippen molar-refractivity contribution in [1.82, 2.24) is 0 Å². The van der Waals surface area contributed by atoms with E-state index < -0.39 is 5.97 Å². The van der Waals surface area contributed by atoms with Gasteiger partial charge in [-0.05, 0) is 36.1 Å². The van der Waals surface area contributed by atoms with Crippen LogP contribution in [0.15, 0.2) is 40.8 Å². The summed E-state index contributed by atoms with van der Waals surface area (Å²) in [5.41, 5.74) is 1.66. The summed E-state index contributed by atoms with van der Waals surface area (Å²) in [6.07, 6.45) is 0. The lowest BCUT2D eigenvalue weighted by atomic mass is 10.1. The lowest BCUT2D eigenvalue weighted by Crippen LogP contribution is -1.93. The van der Waals surface area contributed by atoms with Crippen LogP contribution in [0.25, 0.3) is 11.3 Å². The molecule has 104 valence electrons. The minimum atomic E-state index is -0.614. The normalized spacial score (nSPS) is 9.05. The van der Waals surface area contributed by atoms with Crippen LogP contribution in [0.1, 0.15) is 11.3 Å². The van der Waals surface area contributed by atoms with Crippen molar-refractivity contribution in [3.63, 3.8) is 0 Å². The van der Waals surface area contributed by atoms with Gasteiger partial charge in [0, 0.05) is 17.0 Å². The molecule has 1 heterocycles. The van der Waals surface area contributed by atoms with Gasteiger partial charge in [0.1, 0.15) is 18.1 Å². The quantitative estimate of drug-likeness (QED) is 0.519. The molecule has 4 nitrogen and oxygen atoms in total. The summed E-state index contributed by atoms with van der Waals surface area (Å²) >= 11 is 0. The number of furan rings is 1. The summed E-state index contributed by atoms with van der Waals surface area (Å²) in [6.45, 7) is -0.123. The standard InChI is InChI=1S/C17H12O4/c1-20-17(19)5-3-2-4-13-6-8-14(9-7-13)16-11-10-15(12-18)21-16/h6-11,18H,12H2,1H3. The maximum atomic E-state index is 10.8. The van der Waals surface area contributed by atoms with Crippen molar-refractivity contribution in [3.8, 4) is 35.0 Å². The molecule has 0 radical (unpaired) electrons. The number of methoxy groups -OCH3 is 1. The molecule has 2 aromatic rings. The Balaban J connectivity index is 2.10. The van der Waals surface area contributed by atoms with E-state index in [-0.39, 0.29) is 6.61 Å². The summed E-state index contributed by atoms with van der Waals surface area (Å²) < 4.78 is 9.81. The van der Waals surface area contributed by atoms with E-state index in [4.69, 9.17) is 9.52 Å². The van der Waals surface area contributed by atoms with Crippen LogP contribution in [-0.2, 0) is 16.1 Å². The Kier molecular flexibility index (Phi) is 4.82. The highest BCUT2D eigenvalue weighted by Crippen LogP contribution is 2.22. The molecule has 0 saturated carbocycles. The molecular weight excluding hydrogens is 268 g/mol. The van der Waals surface area contributed by atoms with Crippen LogP contribution in [0.4, 0.5) is 0 Å². The molecule has 0 amide bonds. The molecule has 0 aliphatic carbocycles. The second-order valence-corrected chi connectivity index (χ2v) is 3.99. The fourth-order valence-electron chi connectivity index (χ4n) is 1.57. The minimum Gasteiger partial charge on any atom is -0.459 e. The van der Waals surface area contributed by atoms with Crippen LogP contribution in [0.2, 0.25) is 0 Å². The fraction of sp³-hybridized carbons (Fsp3) is 0.118. The third-order valence-corrected chi connectivity index (χ3v) is 2.61. The van der Waals surface area contributed by atoms with Crippen LogP contribution in [-0.4, -0.2) is 18.2 Å². The van der Waals surface area contributed by atoms with Gasteiger partial charge in [-0.2, -0.15) is 0 Å². The van der Waals surface area contributed by atoms with E-state index in [0.717, 1.165) is 11.1 Å². The second-order valence-electron chi connectivity index (χ2n) is 3.99. The summed E-state index contributed by atoms with van der Waals surface area (Å²) in [5.74, 6) is 10.6. The molecule has 21 heavy (non-hydrogen) atoms. The predicted molar refractivity (Wildman–Crippen MR) is 76.7 cm³/mol. The predicted octanol–water partition coefficient (Wildman–Crippen LogP) is 1.97. The number of hydrogen-bond acceptors (Lipinski definition) is 4. The lowest BCUT2D eigenvalue weighted by Gasteiger charge is -1.97. The highest BCUT2D eigenvalue weighted by Gasteiger charge is 2.03. The highest BCUT2D eigenvalue weighted by molar-refractivity contribution is 5.88. The lowest BCUT2D eigenvalue weighted by molar-refractivity contribution is -0.133. The first-order valence-electron chi connectivity index (χ1n) is 6.13. The van der Waals surface area contributed by atoms with E-state index in [1.165, 1.54) is 7.11 Å². The van der Waals surface area contributed by atoms with E-state index >= 15 is 0 Å². The van der Waals surface area contributed by atoms with Gasteiger partial charge < -0.3 is 14.3 Å². The summed E-state index contributed by atoms with van der Waals surface area (Å²) in [6, 6.07) is 10.9. The molecule has 0 aliphatic rings. The van der Waals surface area contributed by atoms with E-state index in [0.29, 0.717) is 11.5 Å². The monoisotopic (exact) mass is 280 g/mol. The average molecular weight is 280 g/mol. The van der Waals surface area contributed by atoms with Crippen LogP contribution < -0.4 is 0 Å². The summed E-state index contributed by atoms with van der Waals surface area (Å²) in [4.78, 5) is 10.8. The maximum absolute atomic E-state index is 10.8. The first kappa shape index (κ1) is 14.5. The molecule has 4 heteroatoms. The van der Waals surface area contributed by atoms with Gasteiger partial charge >= 0.3 is 5.97 Å². The molecule has 1 aromatic heterocycles. The topological polar surface area (TPSA) is 59.7 Å². The zero-order valence-corrected chi connectivity index (χ0v) is 11.3. The first-order valence-corrected chi connectivity index (χ1v) is 6.13. The second kappa shape index (κ2) is 7.00. The fourth-order valence-corrected chi connectivity index (χ4v) is 1.57. The third-order valence-electron chi connectivity index (χ3n) is 2.61. The van der Waals surface area contributed by atoms with Gasteiger partial charge in [-0.1, -0.05) is 18.1 Å². The summed E-state index contributed by atoms with van der Waals surface area (Å²) in [5, 5.41) is 8.96. The Labute approximate surface area is 122 Å². The largest absolute Gasteiger partial charge is 0.459 e. The number of rotatable bonds is 2. The van der Waals surface area contributed by atoms with Crippen LogP contribution >= 0.6 is 0 Å². The van der Waals surface area contributed by atoms with Gasteiger partial charge in [-0.25, -0.2) is 4.79 Å². The molecule has 1 N–H and O–H groups in total. The van der Waals surface area contributed by atoms with Crippen molar-refractivity contribution in [1.29, 1.82) is 0 Å². The number of esters is 1. The number of carbonyl (C=O) groups is 1. The van der Waals surface area contributed by atoms with Gasteiger partial charge in [0.25, 0.3) is 0 Å². The van der Waals surface area contributed by atoms with Crippen molar-refractivity contribution in [2.75, 3.05) is 7.11 Å². The van der Waals surface area contributed by atoms with E-state index in [1.54, 1.807) is 12.1 Å². The summed E-state index contributed by atoms with van der Waals surface area (Å²) in [7, 11) is 1.26. The van der Waals surface area contributed by atoms with Crippen molar-refractivity contribution < 1.29 is 19.1 Å². The molecule has 0 spiro atoms. The van der Waals surface area contributed by atoms with Gasteiger partial charge in [0.05, 0.1) is 7.11 Å². The molecule has 0 bridgehead atoms. The molecule has 2 rings (SSSR count). The van der Waals surface area contributed by atoms with E-state index in [1.807, 2.05) is 24.3 Å². The molecule has 0 aliphatic heterocycles. The molecule has 0 fully saturated rings. The van der Waals surface area contributed by atoms with Crippen LogP contribution in [0.5, 0.6) is 0 Å². The SMILES string of the molecule is COC(=O)C#CC#Cc1ccc(-c2ccc(CO)o2)cc1. The molecule has 0 unspecified atom stereocenters. The van der Waals surface area contributed by atoms with Crippen molar-refractivity contribution in [2.24, 2.45) is 0 Å². The number of aliphatic hydroxyl groups excluding tert-OH is 1. The Bertz CT molecular complexity index is 746. The molecule has 0 saturated heterocycles. The van der Waals surface area contributed by atoms with E-state index in [2.05, 4.69) is 28.4 Å². The highest BCUT2D eigenvalue weighted by atomic mass is 16.5. The van der Waals surface area contributed by atoms with Crippen LogP contribution in [0.3, 0.4) is 0 Å².